The summed E-state index contributed by atoms with van der Waals surface area (Å²) in [5, 5.41) is 7.17. The maximum atomic E-state index is 8.08. The van der Waals surface area contributed by atoms with Gasteiger partial charge in [-0.1, -0.05) is 84.9 Å². The molecule has 0 saturated carbocycles. The van der Waals surface area contributed by atoms with Crippen LogP contribution in [0, 0.1) is 6.57 Å². The molecule has 0 fully saturated rings. The lowest BCUT2D eigenvalue weighted by atomic mass is 10.0. The van der Waals surface area contributed by atoms with Crippen molar-refractivity contribution in [2.75, 3.05) is 0 Å². The minimum absolute atomic E-state index is 0.599. The van der Waals surface area contributed by atoms with E-state index in [-0.39, 0.29) is 0 Å². The molecule has 0 N–H and O–H groups in total. The van der Waals surface area contributed by atoms with Crippen molar-refractivity contribution in [3.8, 4) is 28.2 Å². The molecule has 0 aliphatic heterocycles. The van der Waals surface area contributed by atoms with Crippen LogP contribution >= 0.6 is 0 Å². The molecule has 0 radical (unpaired) electrons. The van der Waals surface area contributed by atoms with E-state index in [1.54, 1.807) is 0 Å². The summed E-state index contributed by atoms with van der Waals surface area (Å²) in [6.45, 7) is 8.08. The monoisotopic (exact) mass is 675 g/mol. The quantitative estimate of drug-likeness (QED) is 0.171. The second-order valence-electron chi connectivity index (χ2n) is 13.6. The second-order valence-corrected chi connectivity index (χ2v) is 13.6. The van der Waals surface area contributed by atoms with Gasteiger partial charge >= 0.3 is 0 Å². The highest BCUT2D eigenvalue weighted by atomic mass is 15.0. The Kier molecular flexibility index (Phi) is 6.25. The number of aromatic nitrogens is 4. The Hall–Kier alpha value is -7.42. The predicted molar refractivity (Wildman–Crippen MR) is 219 cm³/mol. The van der Waals surface area contributed by atoms with Crippen LogP contribution in [0.3, 0.4) is 0 Å². The summed E-state index contributed by atoms with van der Waals surface area (Å²) in [5.41, 5.74) is 12.5. The van der Waals surface area contributed by atoms with Gasteiger partial charge in [-0.05, 0) is 90.0 Å². The van der Waals surface area contributed by atoms with E-state index in [0.717, 1.165) is 61.2 Å². The number of pyridine rings is 1. The Balaban J connectivity index is 1.15. The zero-order valence-electron chi connectivity index (χ0n) is 28.5. The maximum absolute atomic E-state index is 8.08. The van der Waals surface area contributed by atoms with Crippen molar-refractivity contribution in [1.29, 1.82) is 0 Å². The summed E-state index contributed by atoms with van der Waals surface area (Å²) in [4.78, 5) is 8.54. The third-order valence-corrected chi connectivity index (χ3v) is 10.7. The molecule has 246 valence electrons. The van der Waals surface area contributed by atoms with Gasteiger partial charge in [-0.2, -0.15) is 0 Å². The van der Waals surface area contributed by atoms with Gasteiger partial charge in [0.25, 0.3) is 0 Å². The van der Waals surface area contributed by atoms with Gasteiger partial charge in [-0.15, -0.1) is 0 Å². The van der Waals surface area contributed by atoms with Crippen LogP contribution in [-0.2, 0) is 0 Å². The summed E-state index contributed by atoms with van der Waals surface area (Å²) < 4.78 is 6.98. The van der Waals surface area contributed by atoms with Gasteiger partial charge in [-0.25, -0.2) is 4.85 Å². The third kappa shape index (κ3) is 4.33. The fraction of sp³-hybridized carbons (Fsp3) is 0. The highest BCUT2D eigenvalue weighted by Gasteiger charge is 2.19. The highest BCUT2D eigenvalue weighted by molar-refractivity contribution is 6.19. The average Bonchev–Trinajstić information content (AvgIpc) is 3.85. The molecule has 11 aromatic rings. The number of para-hydroxylation sites is 4. The number of rotatable bonds is 4. The van der Waals surface area contributed by atoms with Crippen LogP contribution in [0.2, 0.25) is 0 Å². The molecule has 4 heterocycles. The van der Waals surface area contributed by atoms with Crippen molar-refractivity contribution < 1.29 is 0 Å². The summed E-state index contributed by atoms with van der Waals surface area (Å²) >= 11 is 0. The molecule has 11 rings (SSSR count). The smallest absolute Gasteiger partial charge is 0.189 e. The lowest BCUT2D eigenvalue weighted by Crippen LogP contribution is -1.97. The average molecular weight is 676 g/mol. The van der Waals surface area contributed by atoms with Crippen molar-refractivity contribution in [1.82, 2.24) is 18.7 Å². The van der Waals surface area contributed by atoms with Gasteiger partial charge in [0, 0.05) is 55.6 Å². The first-order valence-corrected chi connectivity index (χ1v) is 17.7. The van der Waals surface area contributed by atoms with Crippen LogP contribution in [0.5, 0.6) is 0 Å². The van der Waals surface area contributed by atoms with Gasteiger partial charge in [0.2, 0.25) is 0 Å². The van der Waals surface area contributed by atoms with Crippen LogP contribution in [0.25, 0.3) is 98.5 Å². The molecule has 0 amide bonds. The van der Waals surface area contributed by atoms with Crippen molar-refractivity contribution in [3.63, 3.8) is 0 Å². The first-order chi connectivity index (χ1) is 26.2. The van der Waals surface area contributed by atoms with Crippen LogP contribution < -0.4 is 0 Å². The maximum Gasteiger partial charge on any atom is 0.189 e. The third-order valence-electron chi connectivity index (χ3n) is 10.7. The van der Waals surface area contributed by atoms with Crippen LogP contribution in [-0.4, -0.2) is 18.7 Å². The Bertz CT molecular complexity index is 3250. The van der Waals surface area contributed by atoms with E-state index < -0.39 is 0 Å². The first kappa shape index (κ1) is 29.3. The molecule has 0 aliphatic rings. The topological polar surface area (TPSA) is 32.0 Å². The molecule has 7 aromatic carbocycles. The van der Waals surface area contributed by atoms with Crippen LogP contribution in [0.15, 0.2) is 176 Å². The highest BCUT2D eigenvalue weighted by Crippen LogP contribution is 2.41. The molecular weight excluding hydrogens is 647 g/mol. The largest absolute Gasteiger partial charge is 0.310 e. The lowest BCUT2D eigenvalue weighted by molar-refractivity contribution is 1.16. The summed E-state index contributed by atoms with van der Waals surface area (Å²) in [6.07, 6.45) is 3.85. The van der Waals surface area contributed by atoms with E-state index in [1.165, 1.54) is 32.4 Å². The van der Waals surface area contributed by atoms with Crippen molar-refractivity contribution in [2.45, 2.75) is 0 Å². The van der Waals surface area contributed by atoms with E-state index in [0.29, 0.717) is 5.69 Å². The summed E-state index contributed by atoms with van der Waals surface area (Å²) in [5.74, 6) is 0. The molecule has 0 unspecified atom stereocenters. The van der Waals surface area contributed by atoms with E-state index in [4.69, 9.17) is 6.57 Å². The standard InChI is InChI=1S/C48H29N5/c1-49-33-24-32(26-36(27-33)53-43-19-8-5-16-37(43)38-17-6-9-20-44(38)53)31-12-11-15-35(25-31)52-47-29-46-41(28-42(47)40-22-23-50-30-48(40)52)39-18-7-10-21-45(39)51(46)34-13-3-2-4-14-34/h2-30H. The number of fused-ring (bicyclic) bond motifs is 9. The molecule has 5 heteroatoms. The van der Waals surface area contributed by atoms with Crippen LogP contribution in [0.4, 0.5) is 5.69 Å². The molecule has 4 aromatic heterocycles. The van der Waals surface area contributed by atoms with Crippen molar-refractivity contribution in [3.05, 3.63) is 188 Å². The van der Waals surface area contributed by atoms with Gasteiger partial charge in [-0.3, -0.25) is 4.98 Å². The van der Waals surface area contributed by atoms with Gasteiger partial charge in [0.15, 0.2) is 5.69 Å². The van der Waals surface area contributed by atoms with E-state index in [9.17, 15) is 0 Å². The Labute approximate surface area is 304 Å². The zero-order valence-corrected chi connectivity index (χ0v) is 28.5. The molecule has 0 atom stereocenters. The zero-order chi connectivity index (χ0) is 35.0. The normalized spacial score (nSPS) is 11.8. The molecule has 0 bridgehead atoms. The molecule has 0 saturated heterocycles. The van der Waals surface area contributed by atoms with E-state index >= 15 is 0 Å². The Morgan fingerprint density at radius 2 is 0.925 bits per heavy atom. The van der Waals surface area contributed by atoms with E-state index in [2.05, 4.69) is 175 Å². The Morgan fingerprint density at radius 1 is 0.377 bits per heavy atom. The summed E-state index contributed by atoms with van der Waals surface area (Å²) in [6, 6.07) is 57.9. The molecule has 5 nitrogen and oxygen atoms in total. The number of hydrogen-bond acceptors (Lipinski definition) is 1. The fourth-order valence-corrected chi connectivity index (χ4v) is 8.44. The predicted octanol–water partition coefficient (Wildman–Crippen LogP) is 12.6. The van der Waals surface area contributed by atoms with Crippen molar-refractivity contribution >= 4 is 71.1 Å². The van der Waals surface area contributed by atoms with Gasteiger partial charge < -0.3 is 13.7 Å². The molecule has 53 heavy (non-hydrogen) atoms. The second kappa shape index (κ2) is 11.3. The van der Waals surface area contributed by atoms with Gasteiger partial charge in [0.05, 0.1) is 45.9 Å². The minimum atomic E-state index is 0.599. The van der Waals surface area contributed by atoms with Gasteiger partial charge in [0.1, 0.15) is 0 Å². The first-order valence-electron chi connectivity index (χ1n) is 17.7. The molecular formula is C48H29N5. The lowest BCUT2D eigenvalue weighted by Gasteiger charge is -2.14. The Morgan fingerprint density at radius 3 is 1.60 bits per heavy atom. The van der Waals surface area contributed by atoms with Crippen molar-refractivity contribution in [2.24, 2.45) is 0 Å². The van der Waals surface area contributed by atoms with E-state index in [1.807, 2.05) is 24.5 Å². The van der Waals surface area contributed by atoms with Crippen LogP contribution in [0.1, 0.15) is 0 Å². The SMILES string of the molecule is [C-]#[N+]c1cc(-c2cccc(-n3c4cnccc4c4cc5c6ccccc6n(-c6ccccc6)c5cc43)c2)cc(-n2c3ccccc3c3ccccc32)c1. The molecule has 0 spiro atoms. The number of nitrogens with zero attached hydrogens (tertiary/aromatic N) is 5. The molecule has 0 aliphatic carbocycles. The number of benzene rings is 7. The minimum Gasteiger partial charge on any atom is -0.310 e. The number of hydrogen-bond donors (Lipinski definition) is 0. The summed E-state index contributed by atoms with van der Waals surface area (Å²) in [7, 11) is 0. The fourth-order valence-electron chi connectivity index (χ4n) is 8.44.